The topological polar surface area (TPSA) is 65.4 Å². The quantitative estimate of drug-likeness (QED) is 0.894. The number of rotatable bonds is 3. The molecule has 1 aromatic heterocycles. The number of benzene rings is 1. The fraction of sp³-hybridized carbons (Fsp3) is 0. The number of allylic oxidation sites excluding steroid dienone is 2. The largest absolute Gasteiger partial charge is 0.478 e. The van der Waals surface area contributed by atoms with Crippen LogP contribution in [0, 0.1) is 0 Å². The summed E-state index contributed by atoms with van der Waals surface area (Å²) in [6.07, 6.45) is 7.40. The number of nitrogens with zero attached hydrogens (tertiary/aromatic N) is 1. The smallest absolute Gasteiger partial charge is 0.335 e. The van der Waals surface area contributed by atoms with E-state index < -0.39 is 5.97 Å². The molecule has 0 aliphatic carbocycles. The summed E-state index contributed by atoms with van der Waals surface area (Å²) in [7, 11) is 0. The predicted octanol–water partition coefficient (Wildman–Crippen LogP) is 3.11. The lowest BCUT2D eigenvalue weighted by molar-refractivity contribution is 0.0697. The summed E-state index contributed by atoms with van der Waals surface area (Å²) >= 11 is 0. The number of carboxylic acid groups (broad SMARTS) is 1. The van der Waals surface area contributed by atoms with Crippen LogP contribution in [-0.4, -0.2) is 22.3 Å². The Balaban J connectivity index is 2.12. The molecule has 4 nitrogen and oxygen atoms in total. The van der Waals surface area contributed by atoms with E-state index in [0.717, 1.165) is 22.5 Å². The predicted molar refractivity (Wildman–Crippen MR) is 77.8 cm³/mol. The molecule has 0 fully saturated rings. The molecule has 0 bridgehead atoms. The van der Waals surface area contributed by atoms with Crippen molar-refractivity contribution in [1.82, 2.24) is 4.98 Å². The number of carbonyl (C=O) groups is 1. The minimum absolute atomic E-state index is 0.273. The zero-order valence-electron chi connectivity index (χ0n) is 10.6. The molecule has 0 atom stereocenters. The van der Waals surface area contributed by atoms with E-state index in [9.17, 15) is 4.79 Å². The minimum Gasteiger partial charge on any atom is -0.478 e. The third-order valence-corrected chi connectivity index (χ3v) is 3.10. The molecule has 2 N–H and O–H groups in total. The molecule has 2 heterocycles. The first-order valence-electron chi connectivity index (χ1n) is 6.18. The molecule has 1 aliphatic heterocycles. The maximum Gasteiger partial charge on any atom is 0.335 e. The Morgan fingerprint density at radius 2 is 1.85 bits per heavy atom. The Hall–Kier alpha value is -2.88. The Bertz CT molecular complexity index is 706. The van der Waals surface area contributed by atoms with Crippen LogP contribution >= 0.6 is 0 Å². The van der Waals surface area contributed by atoms with Gasteiger partial charge < -0.3 is 10.1 Å². The molecule has 0 radical (unpaired) electrons. The van der Waals surface area contributed by atoms with Gasteiger partial charge in [0, 0.05) is 23.7 Å². The van der Waals surface area contributed by atoms with Crippen molar-refractivity contribution >= 4 is 17.8 Å². The van der Waals surface area contributed by atoms with Crippen molar-refractivity contribution in [2.75, 3.05) is 0 Å². The van der Waals surface area contributed by atoms with Crippen LogP contribution in [0.1, 0.15) is 21.6 Å². The third-order valence-electron chi connectivity index (χ3n) is 3.10. The number of carboxylic acids is 1. The Kier molecular flexibility index (Phi) is 3.05. The minimum atomic E-state index is -0.926. The summed E-state index contributed by atoms with van der Waals surface area (Å²) in [4.78, 5) is 18.4. The normalized spacial score (nSPS) is 15.6. The second kappa shape index (κ2) is 5.01. The number of aromatic nitrogens is 1. The van der Waals surface area contributed by atoms with E-state index in [4.69, 9.17) is 5.11 Å². The highest BCUT2D eigenvalue weighted by molar-refractivity contribution is 5.90. The first kappa shape index (κ1) is 12.2. The van der Waals surface area contributed by atoms with Gasteiger partial charge in [0.15, 0.2) is 0 Å². The van der Waals surface area contributed by atoms with Crippen LogP contribution in [-0.2, 0) is 0 Å². The van der Waals surface area contributed by atoms with E-state index in [1.165, 1.54) is 0 Å². The second-order valence-corrected chi connectivity index (χ2v) is 4.36. The van der Waals surface area contributed by atoms with Gasteiger partial charge in [-0.05, 0) is 42.0 Å². The second-order valence-electron chi connectivity index (χ2n) is 4.36. The number of aromatic carboxylic acids is 1. The monoisotopic (exact) mass is 264 g/mol. The SMILES string of the molecule is O=C(O)c1ccc(/C(=C2/C=CC=N2)c2ccc[nH]2)cc1. The molecule has 0 saturated heterocycles. The van der Waals surface area contributed by atoms with Gasteiger partial charge in [0.1, 0.15) is 0 Å². The van der Waals surface area contributed by atoms with Gasteiger partial charge in [0.05, 0.1) is 11.3 Å². The van der Waals surface area contributed by atoms with Crippen LogP contribution in [0.5, 0.6) is 0 Å². The zero-order valence-corrected chi connectivity index (χ0v) is 10.6. The third kappa shape index (κ3) is 2.19. The van der Waals surface area contributed by atoms with Crippen LogP contribution in [0.25, 0.3) is 5.57 Å². The zero-order chi connectivity index (χ0) is 13.9. The Morgan fingerprint density at radius 1 is 1.10 bits per heavy atom. The summed E-state index contributed by atoms with van der Waals surface area (Å²) in [5.74, 6) is -0.926. The molecular weight excluding hydrogens is 252 g/mol. The van der Waals surface area contributed by atoms with Gasteiger partial charge in [-0.2, -0.15) is 0 Å². The van der Waals surface area contributed by atoms with Crippen molar-refractivity contribution in [3.05, 3.63) is 77.3 Å². The van der Waals surface area contributed by atoms with Crippen LogP contribution < -0.4 is 0 Å². The Morgan fingerprint density at radius 3 is 2.40 bits per heavy atom. The molecule has 0 amide bonds. The summed E-state index contributed by atoms with van der Waals surface area (Å²) in [5.41, 5.74) is 3.96. The van der Waals surface area contributed by atoms with Gasteiger partial charge in [0.25, 0.3) is 0 Å². The Labute approximate surface area is 115 Å². The molecule has 20 heavy (non-hydrogen) atoms. The van der Waals surface area contributed by atoms with Crippen LogP contribution in [0.15, 0.2) is 65.4 Å². The van der Waals surface area contributed by atoms with E-state index in [1.807, 2.05) is 30.5 Å². The van der Waals surface area contributed by atoms with E-state index in [-0.39, 0.29) is 5.56 Å². The van der Waals surface area contributed by atoms with Crippen molar-refractivity contribution in [1.29, 1.82) is 0 Å². The van der Waals surface area contributed by atoms with E-state index in [0.29, 0.717) is 0 Å². The molecular formula is C16H12N2O2. The van der Waals surface area contributed by atoms with Gasteiger partial charge in [-0.1, -0.05) is 12.1 Å². The highest BCUT2D eigenvalue weighted by Crippen LogP contribution is 2.28. The van der Waals surface area contributed by atoms with Crippen molar-refractivity contribution in [2.24, 2.45) is 4.99 Å². The lowest BCUT2D eigenvalue weighted by atomic mass is 9.99. The van der Waals surface area contributed by atoms with Crippen LogP contribution in [0.2, 0.25) is 0 Å². The van der Waals surface area contributed by atoms with Gasteiger partial charge in [-0.25, -0.2) is 4.79 Å². The number of hydrogen-bond donors (Lipinski definition) is 2. The van der Waals surface area contributed by atoms with Crippen molar-refractivity contribution in [2.45, 2.75) is 0 Å². The van der Waals surface area contributed by atoms with E-state index in [1.54, 1.807) is 30.5 Å². The number of nitrogens with one attached hydrogen (secondary N) is 1. The van der Waals surface area contributed by atoms with Crippen molar-refractivity contribution in [3.63, 3.8) is 0 Å². The molecule has 0 saturated carbocycles. The maximum absolute atomic E-state index is 10.9. The fourth-order valence-corrected chi connectivity index (χ4v) is 2.16. The summed E-state index contributed by atoms with van der Waals surface area (Å²) < 4.78 is 0. The molecule has 1 aromatic carbocycles. The lowest BCUT2D eigenvalue weighted by Crippen LogP contribution is -1.97. The first-order valence-corrected chi connectivity index (χ1v) is 6.18. The standard InChI is InChI=1S/C16H12N2O2/c19-16(20)12-7-5-11(6-8-12)15(13-3-1-9-17-13)14-4-2-10-18-14/h1-10,17H,(H,19,20)/b15-14+. The lowest BCUT2D eigenvalue weighted by Gasteiger charge is -2.08. The van der Waals surface area contributed by atoms with Gasteiger partial charge in [-0.15, -0.1) is 0 Å². The number of H-pyrrole nitrogens is 1. The number of aliphatic imine (C=N–C) groups is 1. The van der Waals surface area contributed by atoms with Gasteiger partial charge >= 0.3 is 5.97 Å². The number of aromatic amines is 1. The molecule has 2 aromatic rings. The average molecular weight is 264 g/mol. The van der Waals surface area contributed by atoms with Crippen molar-refractivity contribution < 1.29 is 9.90 Å². The van der Waals surface area contributed by atoms with Gasteiger partial charge in [0.2, 0.25) is 0 Å². The summed E-state index contributed by atoms with van der Waals surface area (Å²) in [6, 6.07) is 10.7. The van der Waals surface area contributed by atoms with E-state index >= 15 is 0 Å². The molecule has 0 unspecified atom stereocenters. The van der Waals surface area contributed by atoms with Crippen molar-refractivity contribution in [3.8, 4) is 0 Å². The number of hydrogen-bond acceptors (Lipinski definition) is 2. The molecule has 0 spiro atoms. The molecule has 1 aliphatic rings. The molecule has 98 valence electrons. The summed E-state index contributed by atoms with van der Waals surface area (Å²) in [5, 5.41) is 8.96. The van der Waals surface area contributed by atoms with Crippen LogP contribution in [0.4, 0.5) is 0 Å². The molecule has 3 rings (SSSR count). The first-order chi connectivity index (χ1) is 9.75. The highest BCUT2D eigenvalue weighted by Gasteiger charge is 2.13. The van der Waals surface area contributed by atoms with Crippen LogP contribution in [0.3, 0.4) is 0 Å². The highest BCUT2D eigenvalue weighted by atomic mass is 16.4. The fourth-order valence-electron chi connectivity index (χ4n) is 2.16. The maximum atomic E-state index is 10.9. The summed E-state index contributed by atoms with van der Waals surface area (Å²) in [6.45, 7) is 0. The van der Waals surface area contributed by atoms with Gasteiger partial charge in [-0.3, -0.25) is 4.99 Å². The molecule has 4 heteroatoms. The van der Waals surface area contributed by atoms with E-state index in [2.05, 4.69) is 9.98 Å². The average Bonchev–Trinajstić information content (AvgIpc) is 3.13.